The van der Waals surface area contributed by atoms with Gasteiger partial charge in [0, 0.05) is 24.3 Å². The number of rotatable bonds is 5. The molecule has 2 aliphatic rings. The Hall–Kier alpha value is -3.88. The Bertz CT molecular complexity index is 1250. The van der Waals surface area contributed by atoms with Crippen molar-refractivity contribution in [2.75, 3.05) is 23.3 Å². The maximum absolute atomic E-state index is 13.8. The molecule has 2 atom stereocenters. The molecule has 208 valence electrons. The van der Waals surface area contributed by atoms with Crippen molar-refractivity contribution in [1.82, 2.24) is 10.2 Å². The molecule has 2 aliphatic heterocycles. The number of hydrogen-bond donors (Lipinski definition) is 2. The van der Waals surface area contributed by atoms with Crippen LogP contribution < -0.4 is 15.5 Å². The minimum absolute atomic E-state index is 0.321. The van der Waals surface area contributed by atoms with Gasteiger partial charge in [0.15, 0.2) is 0 Å². The van der Waals surface area contributed by atoms with Crippen molar-refractivity contribution in [3.63, 3.8) is 0 Å². The van der Waals surface area contributed by atoms with Crippen LogP contribution in [0, 0.1) is 6.92 Å². The molecular weight excluding hydrogens is 494 g/mol. The number of para-hydroxylation sites is 1. The monoisotopic (exact) mass is 533 g/mol. The third-order valence-corrected chi connectivity index (χ3v) is 6.68. The molecule has 0 bridgehead atoms. The molecule has 4 rings (SSSR count). The fourth-order valence-electron chi connectivity index (χ4n) is 5.04. The number of fused-ring (bicyclic) bond motifs is 1. The molecule has 2 unspecified atom stereocenters. The first-order chi connectivity index (χ1) is 18.6. The smallest absolute Gasteiger partial charge is 0.410 e. The van der Waals surface area contributed by atoms with Crippen molar-refractivity contribution >= 4 is 35.1 Å². The van der Waals surface area contributed by atoms with Crippen LogP contribution in [-0.4, -0.2) is 59.5 Å². The molecule has 0 spiro atoms. The van der Waals surface area contributed by atoms with Crippen LogP contribution >= 0.6 is 0 Å². The number of likely N-dealkylation sites (tertiary alicyclic amines) is 1. The molecule has 0 radical (unpaired) electrons. The van der Waals surface area contributed by atoms with Gasteiger partial charge in [0.05, 0.1) is 17.4 Å². The summed E-state index contributed by atoms with van der Waals surface area (Å²) < 4.78 is 5.74. The van der Waals surface area contributed by atoms with Crippen molar-refractivity contribution in [3.05, 3.63) is 59.7 Å². The number of aryl methyl sites for hydroxylation is 1. The number of benzodiazepines with no additional fused rings is 1. The molecule has 2 aromatic carbocycles. The summed E-state index contributed by atoms with van der Waals surface area (Å²) in [5.74, 6) is -0.321. The Kier molecular flexibility index (Phi) is 8.57. The normalized spacial score (nSPS) is 19.5. The minimum atomic E-state index is -1.16. The summed E-state index contributed by atoms with van der Waals surface area (Å²) in [5, 5.41) is 5.60. The van der Waals surface area contributed by atoms with Gasteiger partial charge >= 0.3 is 12.1 Å². The van der Waals surface area contributed by atoms with Crippen LogP contribution in [0.25, 0.3) is 0 Å². The number of nitrogens with one attached hydrogen (secondary N) is 2. The molecule has 2 aromatic rings. The van der Waals surface area contributed by atoms with Crippen LogP contribution in [0.2, 0.25) is 0 Å². The van der Waals surface area contributed by atoms with Gasteiger partial charge in [0.2, 0.25) is 6.17 Å². The van der Waals surface area contributed by atoms with Crippen molar-refractivity contribution in [2.45, 2.75) is 78.1 Å². The number of nitrogens with zero attached hydrogens (tertiary/aromatic N) is 3. The lowest BCUT2D eigenvalue weighted by atomic mass is 9.92. The number of aliphatic imine (C=N–C) groups is 1. The highest BCUT2D eigenvalue weighted by molar-refractivity contribution is 6.16. The van der Waals surface area contributed by atoms with E-state index in [2.05, 4.69) is 10.6 Å². The lowest BCUT2D eigenvalue weighted by Gasteiger charge is -2.37. The number of amides is 4. The second kappa shape index (κ2) is 11.9. The Morgan fingerprint density at radius 1 is 1.10 bits per heavy atom. The van der Waals surface area contributed by atoms with E-state index in [9.17, 15) is 14.4 Å². The molecule has 2 N–H and O–H groups in total. The largest absolute Gasteiger partial charge is 0.444 e. The standard InChI is InChI=1S/C30H39N5O4/c1-6-17-34-23-15-8-7-14-22(23)25(24-16-9-10-18-35(24)29(38)39-30(3,4)5)32-26(27(34)36)33-28(37)31-21-13-11-12-20(2)19-21/h7-8,11-15,19,24,26H,6,9-10,16-18H2,1-5H3,(H2,31,33,37). The van der Waals surface area contributed by atoms with E-state index in [0.717, 1.165) is 36.1 Å². The quantitative estimate of drug-likeness (QED) is 0.531. The second-order valence-electron chi connectivity index (χ2n) is 11.1. The molecule has 0 saturated carbocycles. The van der Waals surface area contributed by atoms with E-state index in [-0.39, 0.29) is 5.91 Å². The molecular formula is C30H39N5O4. The Balaban J connectivity index is 1.73. The zero-order valence-electron chi connectivity index (χ0n) is 23.5. The van der Waals surface area contributed by atoms with E-state index in [0.29, 0.717) is 30.9 Å². The lowest BCUT2D eigenvalue weighted by molar-refractivity contribution is -0.120. The van der Waals surface area contributed by atoms with Crippen LogP contribution in [0.15, 0.2) is 53.5 Å². The summed E-state index contributed by atoms with van der Waals surface area (Å²) in [4.78, 5) is 48.5. The van der Waals surface area contributed by atoms with E-state index in [1.165, 1.54) is 0 Å². The molecule has 9 nitrogen and oxygen atoms in total. The summed E-state index contributed by atoms with van der Waals surface area (Å²) >= 11 is 0. The van der Waals surface area contributed by atoms with E-state index >= 15 is 0 Å². The summed E-state index contributed by atoms with van der Waals surface area (Å²) in [5.41, 5.74) is 3.08. The van der Waals surface area contributed by atoms with Gasteiger partial charge in [0.25, 0.3) is 5.91 Å². The number of carbonyl (C=O) groups is 3. The molecule has 0 aliphatic carbocycles. The van der Waals surface area contributed by atoms with Crippen molar-refractivity contribution < 1.29 is 19.1 Å². The van der Waals surface area contributed by atoms with Crippen LogP contribution in [0.5, 0.6) is 0 Å². The number of urea groups is 1. The number of hydrogen-bond acceptors (Lipinski definition) is 5. The van der Waals surface area contributed by atoms with Gasteiger partial charge in [-0.05, 0) is 77.1 Å². The Morgan fingerprint density at radius 2 is 1.87 bits per heavy atom. The lowest BCUT2D eigenvalue weighted by Crippen LogP contribution is -2.51. The zero-order valence-corrected chi connectivity index (χ0v) is 23.5. The van der Waals surface area contributed by atoms with Gasteiger partial charge in [-0.2, -0.15) is 0 Å². The third kappa shape index (κ3) is 6.77. The average Bonchev–Trinajstić information content (AvgIpc) is 2.98. The van der Waals surface area contributed by atoms with Crippen LogP contribution in [0.4, 0.5) is 21.0 Å². The highest BCUT2D eigenvalue weighted by atomic mass is 16.6. The highest BCUT2D eigenvalue weighted by Crippen LogP contribution is 2.31. The maximum Gasteiger partial charge on any atom is 0.410 e. The first kappa shape index (κ1) is 28.1. The van der Waals surface area contributed by atoms with Crippen LogP contribution in [0.3, 0.4) is 0 Å². The van der Waals surface area contributed by atoms with E-state index in [1.807, 2.05) is 77.1 Å². The predicted molar refractivity (Wildman–Crippen MR) is 153 cm³/mol. The fourth-order valence-corrected chi connectivity index (χ4v) is 5.04. The number of anilines is 2. The molecule has 1 saturated heterocycles. The Morgan fingerprint density at radius 3 is 2.59 bits per heavy atom. The SMILES string of the molecule is CCCN1C(=O)C(NC(=O)Nc2cccc(C)c2)N=C(C2CCCCN2C(=O)OC(C)(C)C)c2ccccc21. The third-order valence-electron chi connectivity index (χ3n) is 6.68. The van der Waals surface area contributed by atoms with Crippen molar-refractivity contribution in [2.24, 2.45) is 4.99 Å². The van der Waals surface area contributed by atoms with Crippen molar-refractivity contribution in [3.8, 4) is 0 Å². The zero-order chi connectivity index (χ0) is 28.2. The molecule has 39 heavy (non-hydrogen) atoms. The predicted octanol–water partition coefficient (Wildman–Crippen LogP) is 5.48. The number of benzene rings is 2. The van der Waals surface area contributed by atoms with Crippen LogP contribution in [0.1, 0.15) is 64.5 Å². The van der Waals surface area contributed by atoms with Gasteiger partial charge in [0.1, 0.15) is 5.60 Å². The first-order valence-electron chi connectivity index (χ1n) is 13.7. The molecule has 9 heteroatoms. The number of piperidine rings is 1. The van der Waals surface area contributed by atoms with E-state index in [1.54, 1.807) is 15.9 Å². The topological polar surface area (TPSA) is 103 Å². The maximum atomic E-state index is 13.8. The molecule has 4 amide bonds. The fraction of sp³-hybridized carbons (Fsp3) is 0.467. The van der Waals surface area contributed by atoms with Crippen molar-refractivity contribution in [1.29, 1.82) is 0 Å². The highest BCUT2D eigenvalue weighted by Gasteiger charge is 2.39. The summed E-state index contributed by atoms with van der Waals surface area (Å²) in [7, 11) is 0. The molecule has 0 aromatic heterocycles. The number of ether oxygens (including phenoxy) is 1. The average molecular weight is 534 g/mol. The van der Waals surface area contributed by atoms with Gasteiger partial charge in [-0.15, -0.1) is 0 Å². The summed E-state index contributed by atoms with van der Waals surface area (Å²) in [6.45, 7) is 10.5. The Labute approximate surface area is 230 Å². The molecule has 2 heterocycles. The van der Waals surface area contributed by atoms with Gasteiger partial charge in [-0.25, -0.2) is 9.59 Å². The summed E-state index contributed by atoms with van der Waals surface area (Å²) in [6.07, 6.45) is 1.60. The van der Waals surface area contributed by atoms with E-state index in [4.69, 9.17) is 9.73 Å². The minimum Gasteiger partial charge on any atom is -0.444 e. The first-order valence-corrected chi connectivity index (χ1v) is 13.7. The van der Waals surface area contributed by atoms with Gasteiger partial charge in [-0.1, -0.05) is 37.3 Å². The van der Waals surface area contributed by atoms with Gasteiger partial charge < -0.3 is 20.3 Å². The second-order valence-corrected chi connectivity index (χ2v) is 11.1. The summed E-state index contributed by atoms with van der Waals surface area (Å²) in [6, 6.07) is 14.1. The van der Waals surface area contributed by atoms with Gasteiger partial charge in [-0.3, -0.25) is 14.7 Å². The van der Waals surface area contributed by atoms with E-state index < -0.39 is 29.9 Å². The number of carbonyl (C=O) groups excluding carboxylic acids is 3. The van der Waals surface area contributed by atoms with Crippen LogP contribution in [-0.2, 0) is 9.53 Å². The molecule has 1 fully saturated rings.